The Morgan fingerprint density at radius 2 is 2.44 bits per heavy atom. The lowest BCUT2D eigenvalue weighted by molar-refractivity contribution is 0.105. The lowest BCUT2D eigenvalue weighted by atomic mass is 10.2. The zero-order valence-corrected chi connectivity index (χ0v) is 9.94. The molecule has 1 fully saturated rings. The molecule has 2 rings (SSSR count). The molecular formula is C12H19N3O. The van der Waals surface area contributed by atoms with Crippen LogP contribution in [0.3, 0.4) is 0 Å². The first-order valence-electron chi connectivity index (χ1n) is 5.92. The Bertz CT molecular complexity index is 335. The van der Waals surface area contributed by atoms with E-state index in [1.54, 1.807) is 0 Å². The zero-order chi connectivity index (χ0) is 11.4. The van der Waals surface area contributed by atoms with Gasteiger partial charge in [0.1, 0.15) is 6.10 Å². The molecule has 4 heteroatoms. The summed E-state index contributed by atoms with van der Waals surface area (Å²) in [4.78, 5) is 8.81. The van der Waals surface area contributed by atoms with Crippen LogP contribution in [0.25, 0.3) is 0 Å². The summed E-state index contributed by atoms with van der Waals surface area (Å²) in [6, 6.07) is 2.43. The fraction of sp³-hybridized carbons (Fsp3) is 0.667. The third-order valence-corrected chi connectivity index (χ3v) is 2.64. The molecule has 88 valence electrons. The Kier molecular flexibility index (Phi) is 3.85. The van der Waals surface area contributed by atoms with Crippen molar-refractivity contribution in [1.29, 1.82) is 0 Å². The van der Waals surface area contributed by atoms with E-state index in [0.29, 0.717) is 6.04 Å². The van der Waals surface area contributed by atoms with Gasteiger partial charge in [0, 0.05) is 25.4 Å². The van der Waals surface area contributed by atoms with Crippen molar-refractivity contribution in [3.05, 3.63) is 23.8 Å². The third kappa shape index (κ3) is 3.00. The van der Waals surface area contributed by atoms with Crippen LogP contribution in [-0.2, 0) is 11.3 Å². The van der Waals surface area contributed by atoms with E-state index in [0.717, 1.165) is 37.5 Å². The average molecular weight is 221 g/mol. The van der Waals surface area contributed by atoms with Crippen LogP contribution in [0.2, 0.25) is 0 Å². The zero-order valence-electron chi connectivity index (χ0n) is 9.94. The highest BCUT2D eigenvalue weighted by Crippen LogP contribution is 2.25. The number of rotatable bonds is 4. The highest BCUT2D eigenvalue weighted by molar-refractivity contribution is 5.04. The molecule has 2 heterocycles. The van der Waals surface area contributed by atoms with Crippen molar-refractivity contribution in [1.82, 2.24) is 15.3 Å². The maximum Gasteiger partial charge on any atom is 0.157 e. The molecule has 1 aromatic heterocycles. The summed E-state index contributed by atoms with van der Waals surface area (Å²) in [6.07, 6.45) is 4.09. The van der Waals surface area contributed by atoms with Crippen LogP contribution in [0.5, 0.6) is 0 Å². The van der Waals surface area contributed by atoms with Gasteiger partial charge in [0.05, 0.1) is 5.69 Å². The van der Waals surface area contributed by atoms with Gasteiger partial charge in [0.25, 0.3) is 0 Å². The second kappa shape index (κ2) is 5.37. The van der Waals surface area contributed by atoms with Gasteiger partial charge >= 0.3 is 0 Å². The van der Waals surface area contributed by atoms with Gasteiger partial charge in [-0.15, -0.1) is 0 Å². The molecule has 0 aromatic carbocycles. The summed E-state index contributed by atoms with van der Waals surface area (Å²) in [5, 5.41) is 3.35. The maximum absolute atomic E-state index is 5.57. The molecule has 0 saturated carbocycles. The summed E-state index contributed by atoms with van der Waals surface area (Å²) >= 11 is 0. The maximum atomic E-state index is 5.57. The molecule has 1 N–H and O–H groups in total. The number of hydrogen-bond acceptors (Lipinski definition) is 4. The van der Waals surface area contributed by atoms with Crippen molar-refractivity contribution in [2.75, 3.05) is 6.61 Å². The molecule has 0 aliphatic carbocycles. The molecule has 0 amide bonds. The van der Waals surface area contributed by atoms with E-state index >= 15 is 0 Å². The Labute approximate surface area is 96.4 Å². The Balaban J connectivity index is 2.01. The SMILES string of the molecule is CC(C)NCc1ccnc(C2CCCO2)n1. The van der Waals surface area contributed by atoms with Crippen molar-refractivity contribution in [3.8, 4) is 0 Å². The molecule has 0 spiro atoms. The topological polar surface area (TPSA) is 47.0 Å². The predicted octanol–water partition coefficient (Wildman–Crippen LogP) is 1.83. The first kappa shape index (κ1) is 11.5. The monoisotopic (exact) mass is 221 g/mol. The lowest BCUT2D eigenvalue weighted by Gasteiger charge is -2.10. The van der Waals surface area contributed by atoms with Gasteiger partial charge in [-0.05, 0) is 18.9 Å². The van der Waals surface area contributed by atoms with Gasteiger partial charge in [-0.3, -0.25) is 0 Å². The van der Waals surface area contributed by atoms with Gasteiger partial charge in [-0.2, -0.15) is 0 Å². The summed E-state index contributed by atoms with van der Waals surface area (Å²) in [5.41, 5.74) is 1.04. The minimum absolute atomic E-state index is 0.110. The summed E-state index contributed by atoms with van der Waals surface area (Å²) in [7, 11) is 0. The van der Waals surface area contributed by atoms with E-state index in [9.17, 15) is 0 Å². The molecule has 1 aromatic rings. The molecule has 1 aliphatic rings. The predicted molar refractivity (Wildman–Crippen MR) is 61.9 cm³/mol. The van der Waals surface area contributed by atoms with E-state index in [1.807, 2.05) is 12.3 Å². The van der Waals surface area contributed by atoms with E-state index in [2.05, 4.69) is 29.1 Å². The number of hydrogen-bond donors (Lipinski definition) is 1. The van der Waals surface area contributed by atoms with Gasteiger partial charge in [0.15, 0.2) is 5.82 Å². The van der Waals surface area contributed by atoms with Crippen molar-refractivity contribution < 1.29 is 4.74 Å². The average Bonchev–Trinajstić information content (AvgIpc) is 2.80. The molecule has 0 bridgehead atoms. The second-order valence-electron chi connectivity index (χ2n) is 4.44. The largest absolute Gasteiger partial charge is 0.370 e. The van der Waals surface area contributed by atoms with Gasteiger partial charge in [-0.25, -0.2) is 9.97 Å². The van der Waals surface area contributed by atoms with E-state index in [4.69, 9.17) is 4.74 Å². The van der Waals surface area contributed by atoms with Crippen LogP contribution in [0.1, 0.15) is 44.3 Å². The standard InChI is InChI=1S/C12H19N3O/c1-9(2)14-8-10-5-6-13-12(15-10)11-4-3-7-16-11/h5-6,9,11,14H,3-4,7-8H2,1-2H3. The Hall–Kier alpha value is -1.00. The molecule has 1 aliphatic heterocycles. The van der Waals surface area contributed by atoms with Crippen LogP contribution < -0.4 is 5.32 Å². The Morgan fingerprint density at radius 1 is 1.56 bits per heavy atom. The molecule has 1 atom stereocenters. The minimum atomic E-state index is 0.110. The normalized spacial score (nSPS) is 20.6. The quantitative estimate of drug-likeness (QED) is 0.842. The van der Waals surface area contributed by atoms with Gasteiger partial charge in [0.2, 0.25) is 0 Å². The Morgan fingerprint density at radius 3 is 3.12 bits per heavy atom. The molecular weight excluding hydrogens is 202 g/mol. The van der Waals surface area contributed by atoms with Crippen molar-refractivity contribution in [2.24, 2.45) is 0 Å². The summed E-state index contributed by atoms with van der Waals surface area (Å²) < 4.78 is 5.57. The fourth-order valence-electron chi connectivity index (χ4n) is 1.76. The van der Waals surface area contributed by atoms with Crippen molar-refractivity contribution in [3.63, 3.8) is 0 Å². The first-order chi connectivity index (χ1) is 7.75. The number of aromatic nitrogens is 2. The van der Waals surface area contributed by atoms with E-state index in [1.165, 1.54) is 0 Å². The minimum Gasteiger partial charge on any atom is -0.370 e. The van der Waals surface area contributed by atoms with E-state index in [-0.39, 0.29) is 6.10 Å². The molecule has 0 radical (unpaired) electrons. The number of ether oxygens (including phenoxy) is 1. The second-order valence-corrected chi connectivity index (χ2v) is 4.44. The molecule has 1 saturated heterocycles. The summed E-state index contributed by atoms with van der Waals surface area (Å²) in [6.45, 7) is 5.88. The lowest BCUT2D eigenvalue weighted by Crippen LogP contribution is -2.22. The summed E-state index contributed by atoms with van der Waals surface area (Å²) in [5.74, 6) is 0.834. The number of nitrogens with zero attached hydrogens (tertiary/aromatic N) is 2. The first-order valence-corrected chi connectivity index (χ1v) is 5.92. The van der Waals surface area contributed by atoms with Gasteiger partial charge in [-0.1, -0.05) is 13.8 Å². The van der Waals surface area contributed by atoms with Crippen LogP contribution in [-0.4, -0.2) is 22.6 Å². The fourth-order valence-corrected chi connectivity index (χ4v) is 1.76. The van der Waals surface area contributed by atoms with Crippen LogP contribution >= 0.6 is 0 Å². The molecule has 16 heavy (non-hydrogen) atoms. The van der Waals surface area contributed by atoms with Crippen LogP contribution in [0, 0.1) is 0 Å². The number of nitrogens with one attached hydrogen (secondary N) is 1. The van der Waals surface area contributed by atoms with Gasteiger partial charge < -0.3 is 10.1 Å². The van der Waals surface area contributed by atoms with Crippen molar-refractivity contribution >= 4 is 0 Å². The van der Waals surface area contributed by atoms with Crippen LogP contribution in [0.4, 0.5) is 0 Å². The third-order valence-electron chi connectivity index (χ3n) is 2.64. The molecule has 4 nitrogen and oxygen atoms in total. The highest BCUT2D eigenvalue weighted by Gasteiger charge is 2.20. The van der Waals surface area contributed by atoms with Crippen LogP contribution in [0.15, 0.2) is 12.3 Å². The highest BCUT2D eigenvalue weighted by atomic mass is 16.5. The smallest absolute Gasteiger partial charge is 0.157 e. The molecule has 1 unspecified atom stereocenters. The van der Waals surface area contributed by atoms with Crippen molar-refractivity contribution in [2.45, 2.75) is 45.4 Å². The van der Waals surface area contributed by atoms with E-state index < -0.39 is 0 Å².